The van der Waals surface area contributed by atoms with Gasteiger partial charge in [-0.3, -0.25) is 4.79 Å². The number of nitrogens with zero attached hydrogens (tertiary/aromatic N) is 4. The summed E-state index contributed by atoms with van der Waals surface area (Å²) in [7, 11) is 0. The molecule has 1 saturated carbocycles. The largest absolute Gasteiger partial charge is 0.460 e. The van der Waals surface area contributed by atoms with E-state index in [-0.39, 0.29) is 17.1 Å². The Balaban J connectivity index is 1.13. The van der Waals surface area contributed by atoms with Crippen molar-refractivity contribution in [3.05, 3.63) is 20.6 Å². The number of halogens is 3. The maximum atomic E-state index is 12.4. The second-order valence-corrected chi connectivity index (χ2v) is 11.4. The molecule has 4 rings (SSSR count). The Morgan fingerprint density at radius 2 is 1.91 bits per heavy atom. The van der Waals surface area contributed by atoms with E-state index in [0.717, 1.165) is 85.2 Å². The normalized spacial score (nSPS) is 21.6. The van der Waals surface area contributed by atoms with Gasteiger partial charge in [-0.2, -0.15) is 13.2 Å². The van der Waals surface area contributed by atoms with Crippen LogP contribution in [0.3, 0.4) is 0 Å². The van der Waals surface area contributed by atoms with E-state index in [9.17, 15) is 18.0 Å². The number of nitrogens with one attached hydrogen (secondary N) is 1. The Labute approximate surface area is 205 Å². The summed E-state index contributed by atoms with van der Waals surface area (Å²) < 4.78 is 41.9. The van der Waals surface area contributed by atoms with Crippen molar-refractivity contribution in [3.8, 4) is 5.19 Å². The number of aromatic nitrogens is 3. The van der Waals surface area contributed by atoms with Crippen LogP contribution in [0.1, 0.15) is 52.7 Å². The second kappa shape index (κ2) is 11.3. The molecule has 7 nitrogen and oxygen atoms in total. The summed E-state index contributed by atoms with van der Waals surface area (Å²) in [6.45, 7) is 3.37. The number of thiazole rings is 1. The lowest BCUT2D eigenvalue weighted by Crippen LogP contribution is -2.39. The van der Waals surface area contributed by atoms with Gasteiger partial charge in [0.25, 0.3) is 5.19 Å². The minimum Gasteiger partial charge on any atom is -0.460 e. The van der Waals surface area contributed by atoms with Crippen molar-refractivity contribution in [3.63, 3.8) is 0 Å². The Bertz CT molecular complexity index is 931. The standard InChI is InChI=1S/C22H30F3N5O2S2/c1-14-28-29-20(33-14)12-19(31)26-16-4-2-15(3-5-16)6-9-30-10-7-17-18(8-11-30)34-21(27-17)32-13-22(23,24)25/h15-16H,2-13H2,1H3,(H,26,31)/t15-,16-. The number of carbonyl (C=O) groups is 1. The Kier molecular flexibility index (Phi) is 8.41. The zero-order valence-electron chi connectivity index (χ0n) is 19.2. The zero-order chi connectivity index (χ0) is 24.1. The van der Waals surface area contributed by atoms with Crippen LogP contribution in [0.2, 0.25) is 0 Å². The van der Waals surface area contributed by atoms with Gasteiger partial charge >= 0.3 is 6.18 Å². The van der Waals surface area contributed by atoms with E-state index < -0.39 is 12.8 Å². The molecule has 0 aromatic carbocycles. The molecular formula is C22H30F3N5O2S2. The number of aryl methyl sites for hydroxylation is 1. The number of hydrogen-bond acceptors (Lipinski definition) is 8. The highest BCUT2D eigenvalue weighted by Crippen LogP contribution is 2.31. The fourth-order valence-corrected chi connectivity index (χ4v) is 6.25. The van der Waals surface area contributed by atoms with E-state index in [0.29, 0.717) is 12.3 Å². The summed E-state index contributed by atoms with van der Waals surface area (Å²) in [6.07, 6.45) is 2.88. The first-order chi connectivity index (χ1) is 16.2. The number of rotatable bonds is 8. The molecular weight excluding hydrogens is 487 g/mol. The van der Waals surface area contributed by atoms with Crippen LogP contribution in [0.5, 0.6) is 5.19 Å². The van der Waals surface area contributed by atoms with Gasteiger partial charge in [0.05, 0.1) is 12.1 Å². The first-order valence-electron chi connectivity index (χ1n) is 11.7. The molecule has 1 aliphatic carbocycles. The van der Waals surface area contributed by atoms with Crippen molar-refractivity contribution < 1.29 is 22.7 Å². The molecule has 0 atom stereocenters. The van der Waals surface area contributed by atoms with E-state index in [1.807, 2.05) is 6.92 Å². The monoisotopic (exact) mass is 517 g/mol. The van der Waals surface area contributed by atoms with Crippen molar-refractivity contribution in [2.45, 2.75) is 70.5 Å². The Morgan fingerprint density at radius 1 is 1.15 bits per heavy atom. The fourth-order valence-electron chi connectivity index (χ4n) is 4.60. The molecule has 188 valence electrons. The Hall–Kier alpha value is -1.79. The summed E-state index contributed by atoms with van der Waals surface area (Å²) in [6, 6.07) is 0.242. The molecule has 3 heterocycles. The number of fused-ring (bicyclic) bond motifs is 1. The van der Waals surface area contributed by atoms with Crippen LogP contribution >= 0.6 is 22.7 Å². The van der Waals surface area contributed by atoms with Crippen LogP contribution in [0, 0.1) is 12.8 Å². The predicted octanol–water partition coefficient (Wildman–Crippen LogP) is 3.95. The van der Waals surface area contributed by atoms with Crippen LogP contribution < -0.4 is 10.1 Å². The third-order valence-corrected chi connectivity index (χ3v) is 8.29. The number of hydrogen-bond donors (Lipinski definition) is 1. The van der Waals surface area contributed by atoms with E-state index in [4.69, 9.17) is 4.74 Å². The van der Waals surface area contributed by atoms with Crippen molar-refractivity contribution in [1.82, 2.24) is 25.4 Å². The number of amides is 1. The van der Waals surface area contributed by atoms with Gasteiger partial charge in [-0.15, -0.1) is 21.5 Å². The van der Waals surface area contributed by atoms with Crippen LogP contribution in [-0.4, -0.2) is 64.4 Å². The Morgan fingerprint density at radius 3 is 2.62 bits per heavy atom. The third-order valence-electron chi connectivity index (χ3n) is 6.38. The maximum Gasteiger partial charge on any atom is 0.422 e. The zero-order valence-corrected chi connectivity index (χ0v) is 20.8. The first kappa shape index (κ1) is 25.3. The van der Waals surface area contributed by atoms with Gasteiger partial charge in [-0.05, 0) is 57.9 Å². The maximum absolute atomic E-state index is 12.4. The summed E-state index contributed by atoms with van der Waals surface area (Å²) >= 11 is 2.70. The predicted molar refractivity (Wildman–Crippen MR) is 124 cm³/mol. The van der Waals surface area contributed by atoms with Gasteiger partial charge in [0.2, 0.25) is 5.91 Å². The van der Waals surface area contributed by atoms with Crippen molar-refractivity contribution in [2.24, 2.45) is 5.92 Å². The number of alkyl halides is 3. The highest BCUT2D eigenvalue weighted by Gasteiger charge is 2.30. The van der Waals surface area contributed by atoms with Crippen molar-refractivity contribution >= 4 is 28.6 Å². The lowest BCUT2D eigenvalue weighted by Gasteiger charge is -2.30. The summed E-state index contributed by atoms with van der Waals surface area (Å²) in [4.78, 5) is 20.0. The highest BCUT2D eigenvalue weighted by molar-refractivity contribution is 7.13. The summed E-state index contributed by atoms with van der Waals surface area (Å²) in [5.74, 6) is 0.689. The molecule has 1 fully saturated rings. The molecule has 1 aliphatic heterocycles. The van der Waals surface area contributed by atoms with Gasteiger partial charge in [0, 0.05) is 30.4 Å². The number of carbonyl (C=O) groups excluding carboxylic acids is 1. The fraction of sp³-hybridized carbons (Fsp3) is 0.727. The first-order valence-corrected chi connectivity index (χ1v) is 13.4. The van der Waals surface area contributed by atoms with E-state index >= 15 is 0 Å². The second-order valence-electron chi connectivity index (χ2n) is 9.06. The van der Waals surface area contributed by atoms with Gasteiger partial charge in [-0.1, -0.05) is 11.3 Å². The van der Waals surface area contributed by atoms with Crippen molar-refractivity contribution in [2.75, 3.05) is 26.2 Å². The lowest BCUT2D eigenvalue weighted by atomic mass is 9.84. The molecule has 0 saturated heterocycles. The minimum atomic E-state index is -4.34. The molecule has 2 aliphatic rings. The van der Waals surface area contributed by atoms with Crippen LogP contribution in [0.25, 0.3) is 0 Å². The highest BCUT2D eigenvalue weighted by atomic mass is 32.1. The van der Waals surface area contributed by atoms with Crippen molar-refractivity contribution in [1.29, 1.82) is 0 Å². The van der Waals surface area contributed by atoms with E-state index in [1.165, 1.54) is 22.7 Å². The molecule has 2 aromatic rings. The smallest absolute Gasteiger partial charge is 0.422 e. The molecule has 34 heavy (non-hydrogen) atoms. The third kappa shape index (κ3) is 7.61. The molecule has 1 N–H and O–H groups in total. The van der Waals surface area contributed by atoms with Gasteiger partial charge in [0.15, 0.2) is 6.61 Å². The van der Waals surface area contributed by atoms with E-state index in [1.54, 1.807) is 0 Å². The molecule has 0 unspecified atom stereocenters. The molecule has 2 aromatic heterocycles. The average molecular weight is 518 g/mol. The van der Waals surface area contributed by atoms with Gasteiger partial charge in [0.1, 0.15) is 10.0 Å². The molecule has 12 heteroatoms. The number of ether oxygens (including phenoxy) is 1. The minimum absolute atomic E-state index is 0.0252. The van der Waals surface area contributed by atoms with Gasteiger partial charge < -0.3 is 15.0 Å². The lowest BCUT2D eigenvalue weighted by molar-refractivity contribution is -0.153. The SMILES string of the molecule is Cc1nnc(CC(=O)N[C@H]2CC[C@H](CCN3CCc4nc(OCC(F)(F)F)sc4CC3)CC2)s1. The average Bonchev–Trinajstić information content (AvgIpc) is 3.32. The molecule has 0 radical (unpaired) electrons. The molecule has 0 spiro atoms. The quantitative estimate of drug-likeness (QED) is 0.571. The molecule has 0 bridgehead atoms. The summed E-state index contributed by atoms with van der Waals surface area (Å²) in [5, 5.41) is 12.9. The van der Waals surface area contributed by atoms with E-state index in [2.05, 4.69) is 25.4 Å². The topological polar surface area (TPSA) is 80.2 Å². The van der Waals surface area contributed by atoms with Crippen LogP contribution in [-0.2, 0) is 24.1 Å². The van der Waals surface area contributed by atoms with Crippen LogP contribution in [0.4, 0.5) is 13.2 Å². The molecule has 1 amide bonds. The summed E-state index contributed by atoms with van der Waals surface area (Å²) in [5.41, 5.74) is 0.879. The van der Waals surface area contributed by atoms with Gasteiger partial charge in [-0.25, -0.2) is 4.98 Å². The van der Waals surface area contributed by atoms with Crippen LogP contribution in [0.15, 0.2) is 0 Å².